The lowest BCUT2D eigenvalue weighted by Gasteiger charge is -2.37. The van der Waals surface area contributed by atoms with Crippen LogP contribution < -0.4 is 0 Å². The molecule has 7 nitrogen and oxygen atoms in total. The average Bonchev–Trinajstić information content (AvgIpc) is 3.19. The lowest BCUT2D eigenvalue weighted by Crippen LogP contribution is -2.52. The second-order valence-electron chi connectivity index (χ2n) is 12.3. The molecule has 262 valence electrons. The molecule has 51 heavy (non-hydrogen) atoms. The molecule has 0 spiro atoms. The number of carbonyl (C=O) groups excluding carboxylic acids is 1. The maximum Gasteiger partial charge on any atom is 0.338 e. The molecule has 0 fully saturated rings. The molecule has 1 aliphatic heterocycles. The molecule has 0 unspecified atom stereocenters. The van der Waals surface area contributed by atoms with Crippen molar-refractivity contribution < 1.29 is 33.2 Å². The van der Waals surface area contributed by atoms with E-state index in [2.05, 4.69) is 0 Å². The predicted octanol–water partition coefficient (Wildman–Crippen LogP) is 8.23. The molecule has 0 saturated carbocycles. The minimum atomic E-state index is -0.747. The first-order valence-electron chi connectivity index (χ1n) is 17.4. The van der Waals surface area contributed by atoms with Crippen LogP contribution in [0.4, 0.5) is 0 Å². The molecule has 6 rings (SSSR count). The van der Waals surface area contributed by atoms with Crippen LogP contribution in [0.25, 0.3) is 6.08 Å². The molecule has 0 N–H and O–H groups in total. The largest absolute Gasteiger partial charge is 0.459 e. The maximum absolute atomic E-state index is 13.7. The zero-order valence-corrected chi connectivity index (χ0v) is 28.6. The first kappa shape index (κ1) is 35.9. The minimum Gasteiger partial charge on any atom is -0.459 e. The Morgan fingerprint density at radius 3 is 1.39 bits per heavy atom. The number of hydrogen-bond acceptors (Lipinski definition) is 7. The molecule has 5 aromatic carbocycles. The van der Waals surface area contributed by atoms with Crippen LogP contribution in [0.2, 0.25) is 0 Å². The van der Waals surface area contributed by atoms with Crippen molar-refractivity contribution in [3.63, 3.8) is 0 Å². The van der Waals surface area contributed by atoms with Gasteiger partial charge in [-0.1, -0.05) is 152 Å². The number of benzene rings is 5. The summed E-state index contributed by atoms with van der Waals surface area (Å²) < 4.78 is 39.3. The van der Waals surface area contributed by atoms with Gasteiger partial charge in [-0.25, -0.2) is 4.79 Å². The number of cyclic esters (lactones) is 1. The molecule has 7 heteroatoms. The van der Waals surface area contributed by atoms with E-state index in [1.54, 1.807) is 6.07 Å². The van der Waals surface area contributed by atoms with E-state index >= 15 is 0 Å². The van der Waals surface area contributed by atoms with Crippen molar-refractivity contribution in [2.45, 2.75) is 50.8 Å². The summed E-state index contributed by atoms with van der Waals surface area (Å²) in [4.78, 5) is 13.7. The third kappa shape index (κ3) is 11.0. The van der Waals surface area contributed by atoms with Crippen LogP contribution in [0.5, 0.6) is 0 Å². The third-order valence-electron chi connectivity index (χ3n) is 8.59. The molecule has 1 aliphatic rings. The Balaban J connectivity index is 1.39. The van der Waals surface area contributed by atoms with Gasteiger partial charge in [0, 0.05) is 0 Å². The van der Waals surface area contributed by atoms with Crippen molar-refractivity contribution in [1.82, 2.24) is 0 Å². The fourth-order valence-corrected chi connectivity index (χ4v) is 5.88. The van der Waals surface area contributed by atoms with Gasteiger partial charge in [0.2, 0.25) is 0 Å². The molecule has 0 aliphatic carbocycles. The molecule has 1 heterocycles. The number of hydrogen-bond donors (Lipinski definition) is 0. The van der Waals surface area contributed by atoms with Crippen LogP contribution in [0.15, 0.2) is 152 Å². The molecule has 4 atom stereocenters. The monoisotopic (exact) mass is 684 g/mol. The third-order valence-corrected chi connectivity index (χ3v) is 8.59. The molecular formula is C44H44O7. The van der Waals surface area contributed by atoms with Gasteiger partial charge in [-0.05, 0) is 33.9 Å². The van der Waals surface area contributed by atoms with Crippen LogP contribution >= 0.6 is 0 Å². The van der Waals surface area contributed by atoms with E-state index in [9.17, 15) is 4.79 Å². The summed E-state index contributed by atoms with van der Waals surface area (Å²) in [5.74, 6) is -0.457. The van der Waals surface area contributed by atoms with Gasteiger partial charge in [-0.15, -0.1) is 0 Å². The van der Waals surface area contributed by atoms with Gasteiger partial charge < -0.3 is 28.4 Å². The second kappa shape index (κ2) is 19.5. The van der Waals surface area contributed by atoms with Gasteiger partial charge >= 0.3 is 5.97 Å². The highest BCUT2D eigenvalue weighted by atomic mass is 16.6. The van der Waals surface area contributed by atoms with Gasteiger partial charge in [0.25, 0.3) is 0 Å². The zero-order chi connectivity index (χ0) is 34.9. The summed E-state index contributed by atoms with van der Waals surface area (Å²) in [5.41, 5.74) is 5.16. The summed E-state index contributed by atoms with van der Waals surface area (Å²) >= 11 is 0. The highest BCUT2D eigenvalue weighted by Crippen LogP contribution is 2.25. The van der Waals surface area contributed by atoms with Gasteiger partial charge in [0.15, 0.2) is 0 Å². The maximum atomic E-state index is 13.7. The molecule has 0 saturated heterocycles. The van der Waals surface area contributed by atoms with E-state index in [1.807, 2.05) is 152 Å². The molecule has 0 aromatic heterocycles. The Bertz CT molecular complexity index is 1760. The number of fused-ring (bicyclic) bond motifs is 1. The highest BCUT2D eigenvalue weighted by Gasteiger charge is 2.39. The topological polar surface area (TPSA) is 72.5 Å². The van der Waals surface area contributed by atoms with Crippen molar-refractivity contribution in [3.8, 4) is 0 Å². The molecule has 0 bridgehead atoms. The quantitative estimate of drug-likeness (QED) is 0.123. The highest BCUT2D eigenvalue weighted by molar-refractivity contribution is 5.93. The van der Waals surface area contributed by atoms with Crippen LogP contribution in [0.1, 0.15) is 38.2 Å². The van der Waals surface area contributed by atoms with E-state index in [-0.39, 0.29) is 26.4 Å². The number of rotatable bonds is 12. The fourth-order valence-electron chi connectivity index (χ4n) is 5.88. The van der Waals surface area contributed by atoms with E-state index in [4.69, 9.17) is 28.4 Å². The van der Waals surface area contributed by atoms with Crippen molar-refractivity contribution in [2.24, 2.45) is 0 Å². The van der Waals surface area contributed by atoms with Crippen molar-refractivity contribution >= 4 is 12.0 Å². The van der Waals surface area contributed by atoms with E-state index in [1.165, 1.54) is 0 Å². The Morgan fingerprint density at radius 2 is 0.902 bits per heavy atom. The summed E-state index contributed by atoms with van der Waals surface area (Å²) in [6.07, 6.45) is 0.991. The summed E-state index contributed by atoms with van der Waals surface area (Å²) in [6, 6.07) is 47.2. The Morgan fingerprint density at radius 1 is 0.490 bits per heavy atom. The Kier molecular flexibility index (Phi) is 13.7. The summed E-state index contributed by atoms with van der Waals surface area (Å²) in [7, 11) is 0. The summed E-state index contributed by atoms with van der Waals surface area (Å²) in [5, 5.41) is 0. The Labute approximate surface area is 300 Å². The lowest BCUT2D eigenvalue weighted by molar-refractivity contribution is -0.204. The van der Waals surface area contributed by atoms with E-state index < -0.39 is 30.4 Å². The molecule has 0 radical (unpaired) electrons. The first-order valence-corrected chi connectivity index (χ1v) is 17.4. The standard InChI is InChI=1S/C44H44O7/c45-44-39-26-14-13-24-38(39)25-15-27-46-32-40(47-28-34-16-5-1-6-17-34)42(49-30-36-20-9-3-10-21-36)43(50-31-37-22-11-4-12-23-37)41(33-51-44)48-29-35-18-7-2-8-19-35/h1-26,40-43H,27-33H2/b25-15+/t40-,41+,42-,43-/m1/s1. The molecule has 0 amide bonds. The van der Waals surface area contributed by atoms with Crippen molar-refractivity contribution in [3.05, 3.63) is 185 Å². The smallest absolute Gasteiger partial charge is 0.338 e. The zero-order valence-electron chi connectivity index (χ0n) is 28.6. The van der Waals surface area contributed by atoms with Gasteiger partial charge in [-0.3, -0.25) is 0 Å². The van der Waals surface area contributed by atoms with Crippen LogP contribution in [0.3, 0.4) is 0 Å². The van der Waals surface area contributed by atoms with Crippen molar-refractivity contribution in [2.75, 3.05) is 19.8 Å². The van der Waals surface area contributed by atoms with E-state index in [0.717, 1.165) is 27.8 Å². The van der Waals surface area contributed by atoms with Crippen LogP contribution in [-0.2, 0) is 54.8 Å². The van der Waals surface area contributed by atoms with Gasteiger partial charge in [0.05, 0.1) is 45.2 Å². The minimum absolute atomic E-state index is 0.0827. The lowest BCUT2D eigenvalue weighted by atomic mass is 10.0. The first-order chi connectivity index (χ1) is 25.2. The summed E-state index contributed by atoms with van der Waals surface area (Å²) in [6.45, 7) is 1.59. The average molecular weight is 685 g/mol. The SMILES string of the molecule is O=C1OC[C@H](OCc2ccccc2)[C@@H](OCc2ccccc2)[C@H](OCc2ccccc2)[C@H](OCc2ccccc2)COC/C=C/c2ccccc21. The molecule has 5 aromatic rings. The second-order valence-corrected chi connectivity index (χ2v) is 12.3. The van der Waals surface area contributed by atoms with Crippen molar-refractivity contribution in [1.29, 1.82) is 0 Å². The van der Waals surface area contributed by atoms with Crippen LogP contribution in [-0.4, -0.2) is 50.2 Å². The number of carbonyl (C=O) groups is 1. The van der Waals surface area contributed by atoms with Crippen LogP contribution in [0, 0.1) is 0 Å². The van der Waals surface area contributed by atoms with Gasteiger partial charge in [0.1, 0.15) is 31.0 Å². The predicted molar refractivity (Wildman–Crippen MR) is 197 cm³/mol. The van der Waals surface area contributed by atoms with Gasteiger partial charge in [-0.2, -0.15) is 0 Å². The van der Waals surface area contributed by atoms with E-state index in [0.29, 0.717) is 25.4 Å². The fraction of sp³-hybridized carbons (Fsp3) is 0.250. The Hall–Kier alpha value is -4.89. The molecular weight excluding hydrogens is 640 g/mol. The number of ether oxygens (including phenoxy) is 6. The number of esters is 1. The normalized spacial score (nSPS) is 20.4.